The quantitative estimate of drug-likeness (QED) is 0.283. The van der Waals surface area contributed by atoms with Gasteiger partial charge in [-0.05, 0) is 0 Å². The Kier molecular flexibility index (Phi) is 15.1. The zero-order valence-electron chi connectivity index (χ0n) is 7.07. The third-order valence-electron chi connectivity index (χ3n) is 1.18. The smallest absolute Gasteiger partial charge is 0.385 e. The third kappa shape index (κ3) is 5.92. The first kappa shape index (κ1) is 23.0. The van der Waals surface area contributed by atoms with Gasteiger partial charge in [-0.3, -0.25) is 24.2 Å². The van der Waals surface area contributed by atoms with Gasteiger partial charge in [-0.25, -0.2) is 0 Å². The monoisotopic (exact) mass is 229 g/mol. The molecule has 0 N–H and O–H groups in total. The van der Waals surface area contributed by atoms with Crippen LogP contribution in [0.3, 0.4) is 0 Å². The summed E-state index contributed by atoms with van der Waals surface area (Å²) < 4.78 is 0. The Balaban J connectivity index is -0.000000151. The molecule has 0 aliphatic heterocycles. The van der Waals surface area contributed by atoms with Gasteiger partial charge < -0.3 is 4.70 Å². The molecule has 86 valence electrons. The largest absolute Gasteiger partial charge is 1.00 e. The molecule has 0 amide bonds. The Morgan fingerprint density at radius 3 is 1.80 bits per heavy atom. The molecule has 0 bridgehead atoms. The second-order valence-corrected chi connectivity index (χ2v) is 1.87. The van der Waals surface area contributed by atoms with Crippen LogP contribution in [0.4, 0.5) is 25.5 Å². The molecule has 0 aliphatic carbocycles. The number of non-ortho nitro benzene ring substituents is 1. The van der Waals surface area contributed by atoms with Gasteiger partial charge in [0.15, 0.2) is 4.98 Å². The molecule has 9 heteroatoms. The number of nitrogens with zero attached hydrogens (tertiary/aromatic N) is 3. The minimum atomic E-state index is -0.513. The lowest BCUT2D eigenvalue weighted by atomic mass is 10.3. The lowest BCUT2D eigenvalue weighted by Crippen LogP contribution is -3.00. The van der Waals surface area contributed by atoms with Crippen molar-refractivity contribution >= 4 is 11.4 Å². The Labute approximate surface area is 81.0 Å². The average Bonchev–Trinajstić information content (AvgIpc) is 2.05. The first-order valence-electron chi connectivity index (χ1n) is 2.83. The van der Waals surface area contributed by atoms with Crippen molar-refractivity contribution in [2.75, 3.05) is 0 Å². The molecule has 5 nitrogen and oxygen atoms in total. The molecule has 0 radical (unpaired) electrons. The van der Waals surface area contributed by atoms with Gasteiger partial charge in [0.1, 0.15) is 0 Å². The highest BCUT2D eigenvalue weighted by Crippen LogP contribution is 2.16. The second-order valence-electron chi connectivity index (χ2n) is 1.87. The first-order valence-corrected chi connectivity index (χ1v) is 2.83. The first-order chi connectivity index (χ1) is 5.24. The normalized spacial score (nSPS) is 6.33. The van der Waals surface area contributed by atoms with E-state index in [0.717, 1.165) is 0 Å². The van der Waals surface area contributed by atoms with Crippen molar-refractivity contribution in [2.24, 2.45) is 0 Å². The van der Waals surface area contributed by atoms with Crippen molar-refractivity contribution < 1.29 is 23.7 Å². The summed E-state index contributed by atoms with van der Waals surface area (Å²) in [6.07, 6.45) is 0. The minimum absolute atomic E-state index is 0. The summed E-state index contributed by atoms with van der Waals surface area (Å²) in [7, 11) is 0. The van der Waals surface area contributed by atoms with Crippen molar-refractivity contribution in [1.82, 2.24) is 0 Å². The highest BCUT2D eigenvalue weighted by Gasteiger charge is 2.08. The van der Waals surface area contributed by atoms with Crippen LogP contribution in [0, 0.1) is 15.5 Å². The molecule has 0 spiro atoms. The van der Waals surface area contributed by atoms with Gasteiger partial charge >= 0.3 is 5.69 Å². The molecule has 0 heterocycles. The predicted molar refractivity (Wildman–Crippen MR) is 45.3 cm³/mol. The third-order valence-corrected chi connectivity index (χ3v) is 1.18. The number of hydrogen-bond acceptors (Lipinski definition) is 3. The lowest BCUT2D eigenvalue weighted by Gasteiger charge is -1.84. The maximum absolute atomic E-state index is 10.1. The minimum Gasteiger partial charge on any atom is -1.00 e. The van der Waals surface area contributed by atoms with Gasteiger partial charge in [0, 0.05) is 24.3 Å². The number of rotatable bonds is 1. The van der Waals surface area contributed by atoms with Crippen molar-refractivity contribution in [3.63, 3.8) is 0 Å². The molecular weight excluding hydrogens is 222 g/mol. The summed E-state index contributed by atoms with van der Waals surface area (Å²) in [6.45, 7) is 0. The number of nitro benzene ring substituents is 1. The van der Waals surface area contributed by atoms with Crippen LogP contribution in [0.15, 0.2) is 24.3 Å². The fraction of sp³-hybridized carbons (Fsp3) is 0. The summed E-state index contributed by atoms with van der Waals surface area (Å²) >= 11 is 0. The SMILES string of the molecule is F.F.F.N#[N+]c1ccc([N+](=O)[O-])cc1.[F-]. The molecule has 1 aromatic carbocycles. The van der Waals surface area contributed by atoms with Crippen molar-refractivity contribution in [2.45, 2.75) is 0 Å². The van der Waals surface area contributed by atoms with Crippen LogP contribution < -0.4 is 4.70 Å². The standard InChI is InChI=1S/C6H4N3O2.4FH/c7-8-5-1-3-6(4-2-5)9(10)11;;;;/h1-4H;4*1H/q+1;;;;/p-1. The molecule has 0 unspecified atom stereocenters. The van der Waals surface area contributed by atoms with E-state index in [1.165, 1.54) is 24.3 Å². The van der Waals surface area contributed by atoms with Crippen molar-refractivity contribution in [1.29, 1.82) is 5.39 Å². The molecule has 1 aromatic rings. The number of nitro groups is 1. The predicted octanol–water partition coefficient (Wildman–Crippen LogP) is -0.459. The number of hydrogen-bond donors (Lipinski definition) is 0. The van der Waals surface area contributed by atoms with Crippen LogP contribution in [0.25, 0.3) is 4.98 Å². The zero-order chi connectivity index (χ0) is 8.27. The second kappa shape index (κ2) is 9.85. The van der Waals surface area contributed by atoms with Crippen LogP contribution in [-0.4, -0.2) is 4.92 Å². The summed E-state index contributed by atoms with van der Waals surface area (Å²) in [5.74, 6) is 0. The van der Waals surface area contributed by atoms with Gasteiger partial charge in [-0.15, -0.1) is 0 Å². The summed E-state index contributed by atoms with van der Waals surface area (Å²) in [5.41, 5.74) is 0.285. The van der Waals surface area contributed by atoms with E-state index >= 15 is 0 Å². The van der Waals surface area contributed by atoms with E-state index in [4.69, 9.17) is 5.39 Å². The molecule has 0 aliphatic rings. The average molecular weight is 229 g/mol. The number of benzene rings is 1. The lowest BCUT2D eigenvalue weighted by molar-refractivity contribution is -0.384. The molecule has 1 rings (SSSR count). The summed E-state index contributed by atoms with van der Waals surface area (Å²) in [4.78, 5) is 12.4. The Bertz CT molecular complexity index is 324. The molecule has 0 atom stereocenters. The van der Waals surface area contributed by atoms with E-state index in [1.807, 2.05) is 0 Å². The zero-order valence-corrected chi connectivity index (χ0v) is 7.07. The van der Waals surface area contributed by atoms with Crippen molar-refractivity contribution in [3.05, 3.63) is 39.4 Å². The molecule has 0 aromatic heterocycles. The van der Waals surface area contributed by atoms with Crippen molar-refractivity contribution in [3.8, 4) is 0 Å². The molecule has 15 heavy (non-hydrogen) atoms. The van der Waals surface area contributed by atoms with Gasteiger partial charge in [-0.1, -0.05) is 0 Å². The Hall–Kier alpha value is -2.24. The van der Waals surface area contributed by atoms with Gasteiger partial charge in [0.2, 0.25) is 5.39 Å². The van der Waals surface area contributed by atoms with Gasteiger partial charge in [0.05, 0.1) is 4.92 Å². The van der Waals surface area contributed by atoms with Crippen LogP contribution in [0.1, 0.15) is 0 Å². The molecular formula is C6H7F4N3O2. The fourth-order valence-corrected chi connectivity index (χ4v) is 0.641. The topological polar surface area (TPSA) is 71.3 Å². The van der Waals surface area contributed by atoms with Crippen LogP contribution >= 0.6 is 0 Å². The van der Waals surface area contributed by atoms with E-state index < -0.39 is 4.92 Å². The Morgan fingerprint density at radius 1 is 1.13 bits per heavy atom. The summed E-state index contributed by atoms with van der Waals surface area (Å²) in [6, 6.07) is 5.26. The van der Waals surface area contributed by atoms with Crippen LogP contribution in [0.5, 0.6) is 0 Å². The van der Waals surface area contributed by atoms with Gasteiger partial charge in [0.25, 0.3) is 5.69 Å². The number of halogens is 4. The van der Waals surface area contributed by atoms with E-state index in [1.54, 1.807) is 0 Å². The van der Waals surface area contributed by atoms with E-state index in [-0.39, 0.29) is 24.5 Å². The van der Waals surface area contributed by atoms with E-state index in [0.29, 0.717) is 5.69 Å². The van der Waals surface area contributed by atoms with Crippen LogP contribution in [0.2, 0.25) is 0 Å². The van der Waals surface area contributed by atoms with E-state index in [2.05, 4.69) is 4.98 Å². The maximum Gasteiger partial charge on any atom is 0.385 e. The molecule has 0 fully saturated rings. The fourth-order valence-electron chi connectivity index (χ4n) is 0.641. The van der Waals surface area contributed by atoms with E-state index in [9.17, 15) is 10.1 Å². The molecule has 0 saturated heterocycles. The Morgan fingerprint density at radius 2 is 1.53 bits per heavy atom. The number of diazo groups is 1. The summed E-state index contributed by atoms with van der Waals surface area (Å²) in [5, 5.41) is 18.3. The molecule has 0 saturated carbocycles. The van der Waals surface area contributed by atoms with Crippen LogP contribution in [-0.2, 0) is 0 Å². The highest BCUT2D eigenvalue weighted by atomic mass is 19.0. The maximum atomic E-state index is 10.1. The van der Waals surface area contributed by atoms with Gasteiger partial charge in [-0.2, -0.15) is 0 Å². The highest BCUT2D eigenvalue weighted by molar-refractivity contribution is 5.48.